The first-order valence-corrected chi connectivity index (χ1v) is 7.95. The summed E-state index contributed by atoms with van der Waals surface area (Å²) in [6, 6.07) is 6.75. The van der Waals surface area contributed by atoms with E-state index < -0.39 is 0 Å². The average Bonchev–Trinajstić information content (AvgIpc) is 3.06. The van der Waals surface area contributed by atoms with Crippen molar-refractivity contribution in [3.63, 3.8) is 0 Å². The van der Waals surface area contributed by atoms with E-state index in [9.17, 15) is 4.79 Å². The number of fused-ring (bicyclic) bond motifs is 1. The Balaban J connectivity index is 2.02. The van der Waals surface area contributed by atoms with Crippen LogP contribution in [0.3, 0.4) is 0 Å². The fourth-order valence-corrected chi connectivity index (χ4v) is 3.87. The van der Waals surface area contributed by atoms with E-state index >= 15 is 0 Å². The van der Waals surface area contributed by atoms with Crippen LogP contribution in [0, 0.1) is 0 Å². The van der Waals surface area contributed by atoms with Crippen LogP contribution in [0.25, 0.3) is 0 Å². The normalized spacial score (nSPS) is 16.4. The summed E-state index contributed by atoms with van der Waals surface area (Å²) in [7, 11) is 0. The Kier molecular flexibility index (Phi) is 3.56. The van der Waals surface area contributed by atoms with Gasteiger partial charge >= 0.3 is 0 Å². The maximum Gasteiger partial charge on any atom is 0.164 e. The summed E-state index contributed by atoms with van der Waals surface area (Å²) in [6.07, 6.45) is 7.17. The topological polar surface area (TPSA) is 22.0 Å². The monoisotopic (exact) mass is 273 g/mol. The lowest BCUT2D eigenvalue weighted by Gasteiger charge is -2.22. The maximum atomic E-state index is 12.0. The summed E-state index contributed by atoms with van der Waals surface area (Å²) in [5, 5.41) is 2.14. The van der Waals surface area contributed by atoms with Crippen molar-refractivity contribution in [3.05, 3.63) is 45.9 Å². The van der Waals surface area contributed by atoms with Gasteiger partial charge in [-0.3, -0.25) is 4.79 Å². The Morgan fingerprint density at radius 2 is 2.26 bits per heavy atom. The standard InChI is InChI=1S/C16H19NOS/c1-2-5-14(16-8-4-11-19-16)17-10-9-12-13(17)6-3-7-15(12)18/h4,8-11,14H,2-3,5-7H2,1H3. The molecule has 1 atom stereocenters. The largest absolute Gasteiger partial charge is 0.343 e. The highest BCUT2D eigenvalue weighted by atomic mass is 32.1. The molecule has 0 bridgehead atoms. The van der Waals surface area contributed by atoms with Gasteiger partial charge in [-0.1, -0.05) is 19.4 Å². The smallest absolute Gasteiger partial charge is 0.164 e. The van der Waals surface area contributed by atoms with Gasteiger partial charge in [-0.2, -0.15) is 0 Å². The van der Waals surface area contributed by atoms with Crippen molar-refractivity contribution in [1.29, 1.82) is 0 Å². The van der Waals surface area contributed by atoms with Gasteiger partial charge in [0.1, 0.15) is 0 Å². The van der Waals surface area contributed by atoms with Crippen LogP contribution in [0.2, 0.25) is 0 Å². The summed E-state index contributed by atoms with van der Waals surface area (Å²) < 4.78 is 2.35. The minimum Gasteiger partial charge on any atom is -0.343 e. The molecule has 2 aromatic rings. The number of Topliss-reactive ketones (excluding diaryl/α,β-unsaturated/α-hetero) is 1. The van der Waals surface area contributed by atoms with Crippen LogP contribution < -0.4 is 0 Å². The molecule has 1 unspecified atom stereocenters. The van der Waals surface area contributed by atoms with E-state index in [1.54, 1.807) is 0 Å². The van der Waals surface area contributed by atoms with Gasteiger partial charge in [-0.05, 0) is 36.8 Å². The Morgan fingerprint density at radius 3 is 3.00 bits per heavy atom. The lowest BCUT2D eigenvalue weighted by atomic mass is 9.96. The quantitative estimate of drug-likeness (QED) is 0.806. The van der Waals surface area contributed by atoms with Crippen LogP contribution in [-0.2, 0) is 6.42 Å². The van der Waals surface area contributed by atoms with Gasteiger partial charge in [0.2, 0.25) is 0 Å². The summed E-state index contributed by atoms with van der Waals surface area (Å²) in [5.41, 5.74) is 2.21. The Bertz CT molecular complexity index is 568. The first-order chi connectivity index (χ1) is 9.31. The highest BCUT2D eigenvalue weighted by Crippen LogP contribution is 2.32. The van der Waals surface area contributed by atoms with Crippen molar-refractivity contribution in [3.8, 4) is 0 Å². The predicted octanol–water partition coefficient (Wildman–Crippen LogP) is 4.46. The molecule has 0 N–H and O–H groups in total. The van der Waals surface area contributed by atoms with Crippen molar-refractivity contribution in [2.45, 2.75) is 45.1 Å². The number of carbonyl (C=O) groups is 1. The van der Waals surface area contributed by atoms with Crippen LogP contribution in [-0.4, -0.2) is 10.4 Å². The van der Waals surface area contributed by atoms with Gasteiger partial charge in [0.15, 0.2) is 5.78 Å². The molecule has 2 heterocycles. The molecule has 3 rings (SSSR count). The number of hydrogen-bond donors (Lipinski definition) is 0. The number of nitrogens with zero attached hydrogens (tertiary/aromatic N) is 1. The number of rotatable bonds is 4. The van der Waals surface area contributed by atoms with E-state index in [2.05, 4.69) is 35.2 Å². The van der Waals surface area contributed by atoms with E-state index in [-0.39, 0.29) is 0 Å². The first-order valence-electron chi connectivity index (χ1n) is 7.07. The molecule has 0 fully saturated rings. The molecule has 3 heteroatoms. The minimum absolute atomic E-state index is 0.321. The lowest BCUT2D eigenvalue weighted by Crippen LogP contribution is -2.17. The zero-order chi connectivity index (χ0) is 13.2. The van der Waals surface area contributed by atoms with E-state index in [1.807, 2.05) is 17.4 Å². The Morgan fingerprint density at radius 1 is 1.37 bits per heavy atom. The van der Waals surface area contributed by atoms with Gasteiger partial charge in [0.25, 0.3) is 0 Å². The third-order valence-corrected chi connectivity index (χ3v) is 4.89. The van der Waals surface area contributed by atoms with E-state index in [0.717, 1.165) is 31.2 Å². The predicted molar refractivity (Wildman–Crippen MR) is 79.1 cm³/mol. The molecular weight excluding hydrogens is 254 g/mol. The van der Waals surface area contributed by atoms with Gasteiger partial charge < -0.3 is 4.57 Å². The Labute approximate surface area is 118 Å². The second-order valence-electron chi connectivity index (χ2n) is 5.18. The molecule has 0 aromatic carbocycles. The van der Waals surface area contributed by atoms with Gasteiger partial charge in [-0.15, -0.1) is 11.3 Å². The summed E-state index contributed by atoms with van der Waals surface area (Å²) in [5.74, 6) is 0.321. The average molecular weight is 273 g/mol. The van der Waals surface area contributed by atoms with Gasteiger partial charge in [0, 0.05) is 28.8 Å². The van der Waals surface area contributed by atoms with E-state index in [1.165, 1.54) is 10.6 Å². The van der Waals surface area contributed by atoms with Crippen LogP contribution in [0.4, 0.5) is 0 Å². The lowest BCUT2D eigenvalue weighted by molar-refractivity contribution is 0.0971. The highest BCUT2D eigenvalue weighted by molar-refractivity contribution is 7.10. The number of carbonyl (C=O) groups excluding carboxylic acids is 1. The molecule has 19 heavy (non-hydrogen) atoms. The zero-order valence-electron chi connectivity index (χ0n) is 11.3. The zero-order valence-corrected chi connectivity index (χ0v) is 12.1. The van der Waals surface area contributed by atoms with E-state index in [4.69, 9.17) is 0 Å². The summed E-state index contributed by atoms with van der Waals surface area (Å²) >= 11 is 1.81. The third-order valence-electron chi connectivity index (χ3n) is 3.91. The van der Waals surface area contributed by atoms with Crippen molar-refractivity contribution in [2.24, 2.45) is 0 Å². The van der Waals surface area contributed by atoms with Crippen LogP contribution in [0.1, 0.15) is 59.6 Å². The van der Waals surface area contributed by atoms with Crippen molar-refractivity contribution in [1.82, 2.24) is 4.57 Å². The highest BCUT2D eigenvalue weighted by Gasteiger charge is 2.24. The molecule has 0 saturated carbocycles. The minimum atomic E-state index is 0.321. The molecule has 0 amide bonds. The molecular formula is C16H19NOS. The van der Waals surface area contributed by atoms with Crippen LogP contribution >= 0.6 is 11.3 Å². The number of ketones is 1. The summed E-state index contributed by atoms with van der Waals surface area (Å²) in [6.45, 7) is 2.22. The molecule has 0 spiro atoms. The first kappa shape index (κ1) is 12.7. The van der Waals surface area contributed by atoms with Crippen molar-refractivity contribution in [2.75, 3.05) is 0 Å². The molecule has 0 aliphatic heterocycles. The SMILES string of the molecule is CCCC(c1cccs1)n1ccc2c1CCCC2=O. The molecule has 0 saturated heterocycles. The Hall–Kier alpha value is -1.35. The van der Waals surface area contributed by atoms with Crippen LogP contribution in [0.15, 0.2) is 29.8 Å². The molecule has 100 valence electrons. The second-order valence-corrected chi connectivity index (χ2v) is 6.16. The fraction of sp³-hybridized carbons (Fsp3) is 0.438. The second kappa shape index (κ2) is 5.33. The van der Waals surface area contributed by atoms with Gasteiger partial charge in [-0.25, -0.2) is 0 Å². The third kappa shape index (κ3) is 2.27. The number of aromatic nitrogens is 1. The summed E-state index contributed by atoms with van der Waals surface area (Å²) in [4.78, 5) is 13.4. The molecule has 2 aromatic heterocycles. The van der Waals surface area contributed by atoms with Gasteiger partial charge in [0.05, 0.1) is 6.04 Å². The van der Waals surface area contributed by atoms with Crippen LogP contribution in [0.5, 0.6) is 0 Å². The van der Waals surface area contributed by atoms with Crippen molar-refractivity contribution < 1.29 is 4.79 Å². The number of thiophene rings is 1. The molecule has 2 nitrogen and oxygen atoms in total. The molecule has 1 aliphatic rings. The maximum absolute atomic E-state index is 12.0. The number of hydrogen-bond acceptors (Lipinski definition) is 2. The van der Waals surface area contributed by atoms with E-state index in [0.29, 0.717) is 18.2 Å². The molecule has 0 radical (unpaired) electrons. The fourth-order valence-electron chi connectivity index (χ4n) is 3.01. The van der Waals surface area contributed by atoms with Crippen molar-refractivity contribution >= 4 is 17.1 Å². The molecule has 1 aliphatic carbocycles.